The monoisotopic (exact) mass is 429 g/mol. The molecule has 1 heterocycles. The van der Waals surface area contributed by atoms with E-state index in [1.165, 1.54) is 11.8 Å². The molecule has 30 heavy (non-hydrogen) atoms. The van der Waals surface area contributed by atoms with E-state index in [4.69, 9.17) is 14.2 Å². The minimum absolute atomic E-state index is 0.196. The van der Waals surface area contributed by atoms with Crippen molar-refractivity contribution in [3.8, 4) is 22.9 Å². The van der Waals surface area contributed by atoms with Crippen LogP contribution in [0, 0.1) is 6.92 Å². The number of anilines is 1. The Kier molecular flexibility index (Phi) is 6.78. The number of thioether (sulfide) groups is 1. The molecule has 1 N–H and O–H groups in total. The van der Waals surface area contributed by atoms with E-state index in [0.717, 1.165) is 5.56 Å². The van der Waals surface area contributed by atoms with Gasteiger partial charge in [-0.15, -0.1) is 5.10 Å². The summed E-state index contributed by atoms with van der Waals surface area (Å²) in [5.41, 5.74) is 2.35. The van der Waals surface area contributed by atoms with E-state index in [0.29, 0.717) is 33.8 Å². The molecule has 0 spiro atoms. The number of rotatable bonds is 8. The van der Waals surface area contributed by atoms with Gasteiger partial charge in [0.2, 0.25) is 11.1 Å². The lowest BCUT2D eigenvalue weighted by Gasteiger charge is -2.14. The molecule has 9 nitrogen and oxygen atoms in total. The first-order valence-corrected chi connectivity index (χ1v) is 9.97. The smallest absolute Gasteiger partial charge is 0.237 e. The number of nitrogens with zero attached hydrogens (tertiary/aromatic N) is 4. The van der Waals surface area contributed by atoms with Gasteiger partial charge in [0.1, 0.15) is 11.4 Å². The highest BCUT2D eigenvalue weighted by molar-refractivity contribution is 8.00. The van der Waals surface area contributed by atoms with E-state index >= 15 is 0 Å². The third-order valence-electron chi connectivity index (χ3n) is 4.31. The van der Waals surface area contributed by atoms with Gasteiger partial charge in [0.25, 0.3) is 0 Å². The third kappa shape index (κ3) is 4.65. The van der Waals surface area contributed by atoms with Crippen molar-refractivity contribution in [2.45, 2.75) is 24.3 Å². The van der Waals surface area contributed by atoms with Gasteiger partial charge in [-0.1, -0.05) is 17.8 Å². The Balaban J connectivity index is 1.76. The third-order valence-corrected chi connectivity index (χ3v) is 5.34. The summed E-state index contributed by atoms with van der Waals surface area (Å²) in [6.07, 6.45) is 0. The first-order valence-electron chi connectivity index (χ1n) is 9.09. The molecule has 2 aromatic carbocycles. The van der Waals surface area contributed by atoms with Crippen LogP contribution in [0.3, 0.4) is 0 Å². The van der Waals surface area contributed by atoms with Crippen LogP contribution < -0.4 is 19.5 Å². The average molecular weight is 430 g/mol. The number of amides is 1. The second kappa shape index (κ2) is 9.49. The molecule has 1 aromatic heterocycles. The van der Waals surface area contributed by atoms with Crippen molar-refractivity contribution in [3.63, 3.8) is 0 Å². The summed E-state index contributed by atoms with van der Waals surface area (Å²) in [4.78, 5) is 12.7. The van der Waals surface area contributed by atoms with Crippen LogP contribution in [0.15, 0.2) is 41.6 Å². The molecular weight excluding hydrogens is 406 g/mol. The molecule has 3 aromatic rings. The Hall–Kier alpha value is -3.27. The van der Waals surface area contributed by atoms with Crippen LogP contribution in [0.5, 0.6) is 17.2 Å². The Morgan fingerprint density at radius 2 is 1.73 bits per heavy atom. The molecule has 158 valence electrons. The van der Waals surface area contributed by atoms with E-state index in [2.05, 4.69) is 20.8 Å². The zero-order valence-corrected chi connectivity index (χ0v) is 18.2. The van der Waals surface area contributed by atoms with E-state index < -0.39 is 5.25 Å². The Bertz CT molecular complexity index is 1040. The lowest BCUT2D eigenvalue weighted by Crippen LogP contribution is -2.23. The van der Waals surface area contributed by atoms with Crippen molar-refractivity contribution in [2.24, 2.45) is 0 Å². The Morgan fingerprint density at radius 1 is 1.03 bits per heavy atom. The molecule has 0 saturated heterocycles. The SMILES string of the molecule is COc1ccc(NC(=O)C(C)Sc2nnnn2-c2cc(C)ccc2OC)cc1OC. The topological polar surface area (TPSA) is 100 Å². The zero-order chi connectivity index (χ0) is 21.7. The van der Waals surface area contributed by atoms with Gasteiger partial charge in [-0.2, -0.15) is 4.68 Å². The van der Waals surface area contributed by atoms with Crippen LogP contribution in [-0.2, 0) is 4.79 Å². The number of benzene rings is 2. The fourth-order valence-electron chi connectivity index (χ4n) is 2.74. The number of carbonyl (C=O) groups is 1. The van der Waals surface area contributed by atoms with E-state index in [1.807, 2.05) is 25.1 Å². The maximum atomic E-state index is 12.7. The molecular formula is C20H23N5O4S. The standard InChI is InChI=1S/C20H23N5O4S/c1-12-6-8-16(27-3)15(10-12)25-20(22-23-24-25)30-13(2)19(26)21-14-7-9-17(28-4)18(11-14)29-5/h6-11,13H,1-5H3,(H,21,26). The van der Waals surface area contributed by atoms with Crippen LogP contribution in [0.1, 0.15) is 12.5 Å². The zero-order valence-electron chi connectivity index (χ0n) is 17.4. The van der Waals surface area contributed by atoms with Gasteiger partial charge in [0.15, 0.2) is 11.5 Å². The molecule has 10 heteroatoms. The second-order valence-corrected chi connectivity index (χ2v) is 7.68. The van der Waals surface area contributed by atoms with Crippen molar-refractivity contribution in [1.29, 1.82) is 0 Å². The summed E-state index contributed by atoms with van der Waals surface area (Å²) in [7, 11) is 4.69. The minimum Gasteiger partial charge on any atom is -0.494 e. The van der Waals surface area contributed by atoms with Crippen LogP contribution in [0.2, 0.25) is 0 Å². The number of carbonyl (C=O) groups excluding carboxylic acids is 1. The first kappa shape index (κ1) is 21.4. The molecule has 0 radical (unpaired) electrons. The van der Waals surface area contributed by atoms with Crippen LogP contribution in [-0.4, -0.2) is 52.7 Å². The van der Waals surface area contributed by atoms with Crippen molar-refractivity contribution < 1.29 is 19.0 Å². The summed E-state index contributed by atoms with van der Waals surface area (Å²) in [5, 5.41) is 14.8. The van der Waals surface area contributed by atoms with Crippen molar-refractivity contribution in [1.82, 2.24) is 20.2 Å². The number of methoxy groups -OCH3 is 3. The molecule has 1 unspecified atom stereocenters. The van der Waals surface area contributed by atoms with Gasteiger partial charge in [-0.05, 0) is 54.1 Å². The van der Waals surface area contributed by atoms with Gasteiger partial charge < -0.3 is 19.5 Å². The highest BCUT2D eigenvalue weighted by Gasteiger charge is 2.21. The summed E-state index contributed by atoms with van der Waals surface area (Å²) in [5.74, 6) is 1.56. The van der Waals surface area contributed by atoms with E-state index in [-0.39, 0.29) is 5.91 Å². The fraction of sp³-hybridized carbons (Fsp3) is 0.300. The van der Waals surface area contributed by atoms with Crippen molar-refractivity contribution >= 4 is 23.4 Å². The van der Waals surface area contributed by atoms with Gasteiger partial charge in [-0.3, -0.25) is 4.79 Å². The lowest BCUT2D eigenvalue weighted by atomic mass is 10.2. The largest absolute Gasteiger partial charge is 0.494 e. The normalized spacial score (nSPS) is 11.6. The van der Waals surface area contributed by atoms with E-state index in [1.54, 1.807) is 51.1 Å². The van der Waals surface area contributed by atoms with E-state index in [9.17, 15) is 4.79 Å². The van der Waals surface area contributed by atoms with Crippen LogP contribution in [0.25, 0.3) is 5.69 Å². The second-order valence-electron chi connectivity index (χ2n) is 6.37. The van der Waals surface area contributed by atoms with Gasteiger partial charge in [-0.25, -0.2) is 0 Å². The molecule has 3 rings (SSSR count). The molecule has 0 aliphatic heterocycles. The number of aryl methyl sites for hydroxylation is 1. The highest BCUT2D eigenvalue weighted by atomic mass is 32.2. The first-order chi connectivity index (χ1) is 14.5. The van der Waals surface area contributed by atoms with Crippen molar-refractivity contribution in [3.05, 3.63) is 42.0 Å². The highest BCUT2D eigenvalue weighted by Crippen LogP contribution is 2.31. The lowest BCUT2D eigenvalue weighted by molar-refractivity contribution is -0.115. The molecule has 0 bridgehead atoms. The predicted molar refractivity (Wildman–Crippen MR) is 114 cm³/mol. The number of hydrogen-bond donors (Lipinski definition) is 1. The fourth-order valence-corrected chi connectivity index (χ4v) is 3.54. The number of hydrogen-bond acceptors (Lipinski definition) is 8. The molecule has 0 aliphatic rings. The average Bonchev–Trinajstić information content (AvgIpc) is 3.21. The predicted octanol–water partition coefficient (Wildman–Crippen LogP) is 3.12. The number of ether oxygens (including phenoxy) is 3. The van der Waals surface area contributed by atoms with Gasteiger partial charge >= 0.3 is 0 Å². The Labute approximate surface area is 178 Å². The molecule has 1 atom stereocenters. The maximum absolute atomic E-state index is 12.7. The summed E-state index contributed by atoms with van der Waals surface area (Å²) >= 11 is 1.25. The molecule has 0 fully saturated rings. The molecule has 0 saturated carbocycles. The molecule has 1 amide bonds. The van der Waals surface area contributed by atoms with Crippen molar-refractivity contribution in [2.75, 3.05) is 26.6 Å². The minimum atomic E-state index is -0.460. The summed E-state index contributed by atoms with van der Waals surface area (Å²) in [6.45, 7) is 3.76. The molecule has 0 aliphatic carbocycles. The summed E-state index contributed by atoms with van der Waals surface area (Å²) < 4.78 is 17.5. The Morgan fingerprint density at radius 3 is 2.43 bits per heavy atom. The van der Waals surface area contributed by atoms with Crippen LogP contribution >= 0.6 is 11.8 Å². The summed E-state index contributed by atoms with van der Waals surface area (Å²) in [6, 6.07) is 10.9. The van der Waals surface area contributed by atoms with Gasteiger partial charge in [0, 0.05) is 11.8 Å². The quantitative estimate of drug-likeness (QED) is 0.545. The van der Waals surface area contributed by atoms with Gasteiger partial charge in [0.05, 0.1) is 26.6 Å². The number of nitrogens with one attached hydrogen (secondary N) is 1. The number of tetrazole rings is 1. The van der Waals surface area contributed by atoms with Crippen LogP contribution in [0.4, 0.5) is 5.69 Å². The maximum Gasteiger partial charge on any atom is 0.237 e. The number of aromatic nitrogens is 4.